The molecular weight excluding hydrogens is 642 g/mol. The number of rotatable bonds is 13. The summed E-state index contributed by atoms with van der Waals surface area (Å²) in [5.74, 6) is 1.86. The van der Waals surface area contributed by atoms with Crippen molar-refractivity contribution < 1.29 is 18.0 Å². The van der Waals surface area contributed by atoms with Gasteiger partial charge < -0.3 is 10.2 Å². The maximum absolute atomic E-state index is 14.4. The van der Waals surface area contributed by atoms with E-state index >= 15 is 0 Å². The third kappa shape index (κ3) is 7.92. The Hall–Kier alpha value is -3.36. The zero-order valence-corrected chi connectivity index (χ0v) is 29.8. The molecule has 48 heavy (non-hydrogen) atoms. The van der Waals surface area contributed by atoms with Crippen LogP contribution in [0.25, 0.3) is 0 Å². The first-order valence-corrected chi connectivity index (χ1v) is 19.5. The predicted molar refractivity (Wildman–Crippen MR) is 192 cm³/mol. The molecule has 0 spiro atoms. The van der Waals surface area contributed by atoms with E-state index in [4.69, 9.17) is 11.6 Å². The van der Waals surface area contributed by atoms with Crippen LogP contribution < -0.4 is 9.62 Å². The van der Waals surface area contributed by atoms with E-state index < -0.39 is 28.5 Å². The molecule has 256 valence electrons. The fraction of sp³-hybridized carbons (Fsp3) is 0.487. The van der Waals surface area contributed by atoms with Crippen molar-refractivity contribution in [3.05, 3.63) is 101 Å². The minimum Gasteiger partial charge on any atom is -0.354 e. The summed E-state index contributed by atoms with van der Waals surface area (Å²) in [7, 11) is -3.85. The second-order valence-corrected chi connectivity index (χ2v) is 17.4. The van der Waals surface area contributed by atoms with Crippen molar-refractivity contribution in [1.82, 2.24) is 10.2 Å². The zero-order valence-electron chi connectivity index (χ0n) is 28.3. The first-order chi connectivity index (χ1) is 22.9. The summed E-state index contributed by atoms with van der Waals surface area (Å²) < 4.78 is 27.8. The summed E-state index contributed by atoms with van der Waals surface area (Å²) in [4.78, 5) is 29.8. The molecule has 4 bridgehead atoms. The second-order valence-electron chi connectivity index (χ2n) is 15.0. The number of carbonyl (C=O) groups excluding carboxylic acids is 2. The van der Waals surface area contributed by atoms with Crippen molar-refractivity contribution in [2.45, 2.75) is 76.8 Å². The van der Waals surface area contributed by atoms with Crippen LogP contribution in [0, 0.1) is 23.7 Å². The third-order valence-corrected chi connectivity index (χ3v) is 12.1. The number of benzene rings is 3. The minimum atomic E-state index is -3.85. The fourth-order valence-corrected chi connectivity index (χ4v) is 9.93. The van der Waals surface area contributed by atoms with Crippen LogP contribution >= 0.6 is 11.6 Å². The van der Waals surface area contributed by atoms with Gasteiger partial charge in [-0.15, -0.1) is 0 Å². The van der Waals surface area contributed by atoms with Gasteiger partial charge in [0.05, 0.1) is 11.9 Å². The van der Waals surface area contributed by atoms with Crippen LogP contribution in [0.5, 0.6) is 0 Å². The van der Waals surface area contributed by atoms with Gasteiger partial charge >= 0.3 is 0 Å². The molecule has 1 N–H and O–H groups in total. The van der Waals surface area contributed by atoms with Gasteiger partial charge in [0, 0.05) is 24.5 Å². The van der Waals surface area contributed by atoms with E-state index in [9.17, 15) is 18.0 Å². The normalized spacial score (nSPS) is 23.6. The topological polar surface area (TPSA) is 86.8 Å². The van der Waals surface area contributed by atoms with E-state index in [0.29, 0.717) is 17.3 Å². The Labute approximate surface area is 291 Å². The summed E-state index contributed by atoms with van der Waals surface area (Å²) in [6, 6.07) is 23.8. The van der Waals surface area contributed by atoms with E-state index in [1.165, 1.54) is 53.3 Å². The summed E-state index contributed by atoms with van der Waals surface area (Å²) >= 11 is 6.33. The Balaban J connectivity index is 1.30. The highest BCUT2D eigenvalue weighted by molar-refractivity contribution is 7.92. The molecule has 1 atom stereocenters. The van der Waals surface area contributed by atoms with Crippen LogP contribution in [-0.2, 0) is 38.0 Å². The molecule has 7 nitrogen and oxygen atoms in total. The van der Waals surface area contributed by atoms with E-state index in [1.807, 2.05) is 62.4 Å². The van der Waals surface area contributed by atoms with Crippen LogP contribution in [0.15, 0.2) is 78.9 Å². The first kappa shape index (κ1) is 34.5. The summed E-state index contributed by atoms with van der Waals surface area (Å²) in [5.41, 5.74) is 3.56. The highest BCUT2D eigenvalue weighted by atomic mass is 35.5. The quantitative estimate of drug-likeness (QED) is 0.210. The fourth-order valence-electron chi connectivity index (χ4n) is 8.87. The molecular formula is C39H48ClN3O4S. The number of carbonyl (C=O) groups is 2. The van der Waals surface area contributed by atoms with Crippen molar-refractivity contribution in [2.24, 2.45) is 23.7 Å². The lowest BCUT2D eigenvalue weighted by atomic mass is 9.48. The maximum atomic E-state index is 14.4. The Bertz CT molecular complexity index is 1680. The molecule has 3 aromatic carbocycles. The van der Waals surface area contributed by atoms with Crippen LogP contribution in [0.4, 0.5) is 5.69 Å². The van der Waals surface area contributed by atoms with Gasteiger partial charge in [-0.25, -0.2) is 8.42 Å². The average molecular weight is 690 g/mol. The number of nitrogens with one attached hydrogen (secondary N) is 1. The lowest BCUT2D eigenvalue weighted by Gasteiger charge is -2.57. The summed E-state index contributed by atoms with van der Waals surface area (Å²) in [6.45, 7) is 4.14. The van der Waals surface area contributed by atoms with Crippen molar-refractivity contribution in [1.29, 1.82) is 0 Å². The largest absolute Gasteiger partial charge is 0.354 e. The summed E-state index contributed by atoms with van der Waals surface area (Å²) in [6.07, 6.45) is 9.11. The number of sulfonamides is 1. The Morgan fingerprint density at radius 1 is 0.875 bits per heavy atom. The molecule has 7 rings (SSSR count). The highest BCUT2D eigenvalue weighted by Crippen LogP contribution is 2.60. The number of amides is 2. The highest BCUT2D eigenvalue weighted by Gasteiger charge is 2.51. The smallest absolute Gasteiger partial charge is 0.244 e. The van der Waals surface area contributed by atoms with Gasteiger partial charge in [-0.05, 0) is 109 Å². The molecule has 0 unspecified atom stereocenters. The van der Waals surface area contributed by atoms with Gasteiger partial charge in [-0.2, -0.15) is 0 Å². The van der Waals surface area contributed by atoms with E-state index in [1.54, 1.807) is 18.2 Å². The molecule has 4 aliphatic carbocycles. The second kappa shape index (κ2) is 14.2. The van der Waals surface area contributed by atoms with E-state index in [0.717, 1.165) is 35.1 Å². The molecule has 3 aromatic rings. The van der Waals surface area contributed by atoms with Gasteiger partial charge in [0.2, 0.25) is 21.8 Å². The van der Waals surface area contributed by atoms with Crippen molar-refractivity contribution in [2.75, 3.05) is 23.7 Å². The third-order valence-electron chi connectivity index (χ3n) is 10.7. The van der Waals surface area contributed by atoms with Crippen LogP contribution in [-0.4, -0.2) is 50.5 Å². The van der Waals surface area contributed by atoms with Crippen LogP contribution in [0.2, 0.25) is 5.02 Å². The minimum absolute atomic E-state index is 0.0918. The number of halogens is 1. The molecule has 0 heterocycles. The molecule has 0 aromatic heterocycles. The van der Waals surface area contributed by atoms with E-state index in [-0.39, 0.29) is 30.2 Å². The van der Waals surface area contributed by atoms with E-state index in [2.05, 4.69) is 17.4 Å². The van der Waals surface area contributed by atoms with Gasteiger partial charge in [0.25, 0.3) is 0 Å². The predicted octanol–water partition coefficient (Wildman–Crippen LogP) is 6.99. The molecule has 0 aliphatic heterocycles. The summed E-state index contributed by atoms with van der Waals surface area (Å²) in [5, 5.41) is 3.53. The molecule has 2 amide bonds. The van der Waals surface area contributed by atoms with Crippen molar-refractivity contribution in [3.8, 4) is 0 Å². The molecule has 4 aliphatic rings. The number of anilines is 1. The number of nitrogens with zero attached hydrogens (tertiary/aromatic N) is 2. The van der Waals surface area contributed by atoms with Gasteiger partial charge in [-0.1, -0.05) is 80.0 Å². The Morgan fingerprint density at radius 2 is 1.48 bits per heavy atom. The lowest BCUT2D eigenvalue weighted by Crippen LogP contribution is -2.53. The average Bonchev–Trinajstić information content (AvgIpc) is 3.03. The standard InChI is InChI=1S/C39H48ClN3O4S/c1-27(2)24-41-38(45)36(20-28-8-5-4-6-9-28)42(25-29-10-7-11-34(40)19-29)37(44)26-43(48(3,46)47)35-14-12-33(13-15-35)39-21-30-16-31(22-39)18-32(17-30)23-39/h4-15,19,27,30-32,36H,16-18,20-26H2,1-3H3,(H,41,45)/t30?,31?,32?,36-,39?/m0/s1. The number of hydrogen-bond donors (Lipinski definition) is 1. The molecule has 9 heteroatoms. The molecule has 4 fully saturated rings. The maximum Gasteiger partial charge on any atom is 0.244 e. The van der Waals surface area contributed by atoms with Gasteiger partial charge in [-0.3, -0.25) is 13.9 Å². The zero-order chi connectivity index (χ0) is 34.1. The lowest BCUT2D eigenvalue weighted by molar-refractivity contribution is -0.140. The first-order valence-electron chi connectivity index (χ1n) is 17.3. The molecule has 0 radical (unpaired) electrons. The van der Waals surface area contributed by atoms with Crippen molar-refractivity contribution >= 4 is 39.1 Å². The number of hydrogen-bond acceptors (Lipinski definition) is 4. The van der Waals surface area contributed by atoms with Crippen LogP contribution in [0.1, 0.15) is 69.1 Å². The SMILES string of the molecule is CC(C)CNC(=O)[C@H](Cc1ccccc1)N(Cc1cccc(Cl)c1)C(=O)CN(c1ccc(C23CC4CC(CC(C4)C2)C3)cc1)S(C)(=O)=O. The van der Waals surface area contributed by atoms with Crippen LogP contribution in [0.3, 0.4) is 0 Å². The molecule has 4 saturated carbocycles. The van der Waals surface area contributed by atoms with Crippen molar-refractivity contribution in [3.63, 3.8) is 0 Å². The Kier molecular flexibility index (Phi) is 10.2. The molecule has 0 saturated heterocycles. The Morgan fingerprint density at radius 3 is 2.04 bits per heavy atom. The van der Waals surface area contributed by atoms with Gasteiger partial charge in [0.1, 0.15) is 12.6 Å². The van der Waals surface area contributed by atoms with Gasteiger partial charge in [0.15, 0.2) is 0 Å². The monoisotopic (exact) mass is 689 g/mol.